The van der Waals surface area contributed by atoms with Crippen molar-refractivity contribution in [3.63, 3.8) is 0 Å². The van der Waals surface area contributed by atoms with E-state index in [2.05, 4.69) is 10.2 Å². The number of hydrogen-bond donors (Lipinski definition) is 1. The summed E-state index contributed by atoms with van der Waals surface area (Å²) >= 11 is 5.33. The number of benzene rings is 2. The number of halogens is 3. The SMILES string of the molecule is NC(=NN=Cc1cc(I)c(F)c(I)c1)SCc1ccccc1. The predicted octanol–water partition coefficient (Wildman–Crippen LogP) is 4.62. The van der Waals surface area contributed by atoms with E-state index in [0.29, 0.717) is 12.3 Å². The van der Waals surface area contributed by atoms with Gasteiger partial charge in [-0.3, -0.25) is 0 Å². The molecule has 0 aliphatic rings. The van der Waals surface area contributed by atoms with Gasteiger partial charge in [0.1, 0.15) is 5.82 Å². The molecular formula is C15H12FI2N3S. The van der Waals surface area contributed by atoms with E-state index in [1.807, 2.05) is 75.5 Å². The van der Waals surface area contributed by atoms with Gasteiger partial charge in [-0.25, -0.2) is 4.39 Å². The van der Waals surface area contributed by atoms with E-state index in [1.54, 1.807) is 18.3 Å². The third-order valence-electron chi connectivity index (χ3n) is 2.60. The maximum atomic E-state index is 13.5. The van der Waals surface area contributed by atoms with Crippen LogP contribution in [0, 0.1) is 13.0 Å². The maximum Gasteiger partial charge on any atom is 0.180 e. The third-order valence-corrected chi connectivity index (χ3v) is 5.02. The molecule has 114 valence electrons. The molecule has 0 heterocycles. The molecule has 0 saturated carbocycles. The summed E-state index contributed by atoms with van der Waals surface area (Å²) in [5.74, 6) is 0.540. The number of nitrogens with two attached hydrogens (primary N) is 1. The Labute approximate surface area is 159 Å². The third kappa shape index (κ3) is 5.51. The molecule has 0 aliphatic carbocycles. The second-order valence-corrected chi connectivity index (χ2v) is 7.58. The van der Waals surface area contributed by atoms with Crippen molar-refractivity contribution in [3.05, 3.63) is 66.5 Å². The first-order valence-corrected chi connectivity index (χ1v) is 9.38. The summed E-state index contributed by atoms with van der Waals surface area (Å²) < 4.78 is 14.6. The van der Waals surface area contributed by atoms with Crippen LogP contribution in [0.2, 0.25) is 0 Å². The molecule has 2 aromatic rings. The second kappa shape index (κ2) is 8.82. The summed E-state index contributed by atoms with van der Waals surface area (Å²) in [6.45, 7) is 0. The van der Waals surface area contributed by atoms with Crippen molar-refractivity contribution in [2.45, 2.75) is 5.75 Å². The Morgan fingerprint density at radius 3 is 2.45 bits per heavy atom. The fourth-order valence-corrected chi connectivity index (χ4v) is 3.99. The molecule has 2 aromatic carbocycles. The monoisotopic (exact) mass is 539 g/mol. The van der Waals surface area contributed by atoms with E-state index in [0.717, 1.165) is 11.3 Å². The number of nitrogens with zero attached hydrogens (tertiary/aromatic N) is 2. The zero-order chi connectivity index (χ0) is 15.9. The van der Waals surface area contributed by atoms with Gasteiger partial charge < -0.3 is 5.73 Å². The fourth-order valence-electron chi connectivity index (χ4n) is 1.56. The number of thioether (sulfide) groups is 1. The summed E-state index contributed by atoms with van der Waals surface area (Å²) in [5.41, 5.74) is 7.78. The minimum Gasteiger partial charge on any atom is -0.377 e. The maximum absolute atomic E-state index is 13.5. The van der Waals surface area contributed by atoms with E-state index < -0.39 is 0 Å². The van der Waals surface area contributed by atoms with Gasteiger partial charge in [0.05, 0.1) is 13.4 Å². The molecule has 0 aromatic heterocycles. The Hall–Kier alpha value is -0.680. The van der Waals surface area contributed by atoms with Gasteiger partial charge in [-0.15, -0.1) is 5.10 Å². The van der Waals surface area contributed by atoms with Gasteiger partial charge in [-0.1, -0.05) is 42.1 Å². The van der Waals surface area contributed by atoms with Crippen LogP contribution in [0.3, 0.4) is 0 Å². The molecule has 2 rings (SSSR count). The van der Waals surface area contributed by atoms with Crippen molar-refractivity contribution < 1.29 is 4.39 Å². The molecule has 0 amide bonds. The first-order valence-electron chi connectivity index (χ1n) is 6.24. The van der Waals surface area contributed by atoms with E-state index in [4.69, 9.17) is 5.73 Å². The Morgan fingerprint density at radius 2 is 1.82 bits per heavy atom. The topological polar surface area (TPSA) is 50.7 Å². The zero-order valence-electron chi connectivity index (χ0n) is 11.3. The zero-order valence-corrected chi connectivity index (χ0v) is 16.5. The number of rotatable bonds is 4. The Morgan fingerprint density at radius 1 is 1.18 bits per heavy atom. The number of amidine groups is 1. The minimum atomic E-state index is -0.209. The molecule has 2 N–H and O–H groups in total. The molecule has 0 spiro atoms. The molecule has 0 atom stereocenters. The molecule has 0 unspecified atom stereocenters. The van der Waals surface area contributed by atoms with Crippen LogP contribution < -0.4 is 5.73 Å². The van der Waals surface area contributed by atoms with Gasteiger partial charge >= 0.3 is 0 Å². The van der Waals surface area contributed by atoms with E-state index in [-0.39, 0.29) is 5.82 Å². The van der Waals surface area contributed by atoms with Crippen molar-refractivity contribution in [2.24, 2.45) is 15.9 Å². The summed E-state index contributed by atoms with van der Waals surface area (Å²) in [4.78, 5) is 0. The molecule has 0 saturated heterocycles. The van der Waals surface area contributed by atoms with Crippen molar-refractivity contribution in [2.75, 3.05) is 0 Å². The lowest BCUT2D eigenvalue weighted by Gasteiger charge is -2.00. The highest BCUT2D eigenvalue weighted by Gasteiger charge is 2.05. The largest absolute Gasteiger partial charge is 0.377 e. The van der Waals surface area contributed by atoms with Crippen LogP contribution in [0.4, 0.5) is 4.39 Å². The van der Waals surface area contributed by atoms with Crippen molar-refractivity contribution in [3.8, 4) is 0 Å². The Balaban J connectivity index is 1.95. The lowest BCUT2D eigenvalue weighted by atomic mass is 10.2. The molecule has 0 radical (unpaired) electrons. The van der Waals surface area contributed by atoms with Crippen LogP contribution in [-0.4, -0.2) is 11.4 Å². The van der Waals surface area contributed by atoms with Crippen LogP contribution in [0.15, 0.2) is 52.7 Å². The van der Waals surface area contributed by atoms with Gasteiger partial charge in [0.15, 0.2) is 5.17 Å². The van der Waals surface area contributed by atoms with Crippen LogP contribution >= 0.6 is 56.9 Å². The lowest BCUT2D eigenvalue weighted by Crippen LogP contribution is -2.06. The molecule has 7 heteroatoms. The summed E-state index contributed by atoms with van der Waals surface area (Å²) in [6, 6.07) is 13.4. The van der Waals surface area contributed by atoms with Gasteiger partial charge in [0.25, 0.3) is 0 Å². The highest BCUT2D eigenvalue weighted by molar-refractivity contribution is 14.1. The Kier molecular flexibility index (Phi) is 7.09. The quantitative estimate of drug-likeness (QED) is 0.203. The standard InChI is InChI=1S/C15H12FI2N3S/c16-14-12(17)6-11(7-13(14)18)8-20-21-15(19)22-9-10-4-2-1-3-5-10/h1-8H,9H2,(H2,19,21). The molecule has 0 bridgehead atoms. The minimum absolute atomic E-state index is 0.209. The molecular weight excluding hydrogens is 527 g/mol. The summed E-state index contributed by atoms with van der Waals surface area (Å²) in [6.07, 6.45) is 1.57. The van der Waals surface area contributed by atoms with Gasteiger partial charge in [0, 0.05) is 5.75 Å². The molecule has 0 fully saturated rings. The predicted molar refractivity (Wildman–Crippen MR) is 109 cm³/mol. The lowest BCUT2D eigenvalue weighted by molar-refractivity contribution is 0.612. The van der Waals surface area contributed by atoms with Crippen LogP contribution in [-0.2, 0) is 5.75 Å². The Bertz CT molecular complexity index is 682. The number of hydrogen-bond acceptors (Lipinski definition) is 3. The average Bonchev–Trinajstić information content (AvgIpc) is 2.51. The van der Waals surface area contributed by atoms with Crippen LogP contribution in [0.1, 0.15) is 11.1 Å². The summed E-state index contributed by atoms with van der Waals surface area (Å²) in [5, 5.41) is 8.29. The van der Waals surface area contributed by atoms with Gasteiger partial charge in [-0.05, 0) is 68.4 Å². The second-order valence-electron chi connectivity index (χ2n) is 4.26. The molecule has 3 nitrogen and oxygen atoms in total. The molecule has 0 aliphatic heterocycles. The summed E-state index contributed by atoms with van der Waals surface area (Å²) in [7, 11) is 0. The highest BCUT2D eigenvalue weighted by Crippen LogP contribution is 2.19. The first kappa shape index (κ1) is 17.7. The van der Waals surface area contributed by atoms with Gasteiger partial charge in [-0.2, -0.15) is 5.10 Å². The van der Waals surface area contributed by atoms with Crippen LogP contribution in [0.5, 0.6) is 0 Å². The van der Waals surface area contributed by atoms with Crippen molar-refractivity contribution in [1.29, 1.82) is 0 Å². The van der Waals surface area contributed by atoms with E-state index in [9.17, 15) is 4.39 Å². The first-order chi connectivity index (χ1) is 10.6. The fraction of sp³-hybridized carbons (Fsp3) is 0.0667. The smallest absolute Gasteiger partial charge is 0.180 e. The van der Waals surface area contributed by atoms with E-state index >= 15 is 0 Å². The average molecular weight is 539 g/mol. The normalized spacial score (nSPS) is 12.0. The van der Waals surface area contributed by atoms with Crippen LogP contribution in [0.25, 0.3) is 0 Å². The van der Waals surface area contributed by atoms with Gasteiger partial charge in [0.2, 0.25) is 0 Å². The molecule has 22 heavy (non-hydrogen) atoms. The highest BCUT2D eigenvalue weighted by atomic mass is 127. The van der Waals surface area contributed by atoms with Crippen molar-refractivity contribution >= 4 is 68.3 Å². The van der Waals surface area contributed by atoms with Crippen molar-refractivity contribution in [1.82, 2.24) is 0 Å². The van der Waals surface area contributed by atoms with E-state index in [1.165, 1.54) is 17.3 Å².